The van der Waals surface area contributed by atoms with Gasteiger partial charge in [0, 0.05) is 17.7 Å². The number of hydrogen-bond acceptors (Lipinski definition) is 5. The first kappa shape index (κ1) is 19.6. The predicted octanol–water partition coefficient (Wildman–Crippen LogP) is 4.90. The Morgan fingerprint density at radius 2 is 1.90 bits per heavy atom. The Balaban J connectivity index is 1.68. The average Bonchev–Trinajstić information content (AvgIpc) is 3.25. The van der Waals surface area contributed by atoms with Crippen LogP contribution in [0.2, 0.25) is 4.34 Å². The molecule has 0 unspecified atom stereocenters. The van der Waals surface area contributed by atoms with Crippen LogP contribution in [0.3, 0.4) is 0 Å². The first-order valence-corrected chi connectivity index (χ1v) is 10.2. The summed E-state index contributed by atoms with van der Waals surface area (Å²) in [6.07, 6.45) is 0. The van der Waals surface area contributed by atoms with Crippen molar-refractivity contribution in [2.75, 3.05) is 5.32 Å². The Morgan fingerprint density at radius 3 is 2.52 bits per heavy atom. The van der Waals surface area contributed by atoms with Crippen molar-refractivity contribution in [3.63, 3.8) is 0 Å². The molecule has 1 amide bonds. The van der Waals surface area contributed by atoms with Crippen molar-refractivity contribution in [2.24, 2.45) is 0 Å². The molecule has 2 N–H and O–H groups in total. The highest BCUT2D eigenvalue weighted by molar-refractivity contribution is 7.19. The van der Waals surface area contributed by atoms with Crippen LogP contribution in [0.4, 0.5) is 5.82 Å². The molecule has 0 saturated heterocycles. The van der Waals surface area contributed by atoms with Crippen LogP contribution >= 0.6 is 22.9 Å². The van der Waals surface area contributed by atoms with E-state index in [9.17, 15) is 9.90 Å². The number of amides is 1. The predicted molar refractivity (Wildman–Crippen MR) is 116 cm³/mol. The fraction of sp³-hybridized carbons (Fsp3) is 0.190. The van der Waals surface area contributed by atoms with Crippen molar-refractivity contribution in [3.05, 3.63) is 69.7 Å². The molecule has 0 bridgehead atoms. The molecule has 0 fully saturated rings. The van der Waals surface area contributed by atoms with Gasteiger partial charge in [-0.3, -0.25) is 4.79 Å². The molecule has 148 valence electrons. The monoisotopic (exact) mass is 426 g/mol. The maximum Gasteiger partial charge on any atom is 0.256 e. The Bertz CT molecular complexity index is 1210. The third-order valence-electron chi connectivity index (χ3n) is 4.47. The van der Waals surface area contributed by atoms with Gasteiger partial charge in [0.25, 0.3) is 5.91 Å². The van der Waals surface area contributed by atoms with Crippen LogP contribution in [0, 0.1) is 6.92 Å². The number of nitrogens with zero attached hydrogens (tertiary/aromatic N) is 3. The van der Waals surface area contributed by atoms with Gasteiger partial charge in [-0.15, -0.1) is 11.3 Å². The van der Waals surface area contributed by atoms with Crippen LogP contribution in [0.15, 0.2) is 48.5 Å². The van der Waals surface area contributed by atoms with Crippen LogP contribution in [-0.4, -0.2) is 25.6 Å². The maximum absolute atomic E-state index is 12.7. The van der Waals surface area contributed by atoms with Gasteiger partial charge in [0.15, 0.2) is 5.65 Å². The maximum atomic E-state index is 12.7. The minimum atomic E-state index is -0.960. The van der Waals surface area contributed by atoms with Crippen LogP contribution < -0.4 is 5.32 Å². The molecule has 0 aliphatic heterocycles. The highest BCUT2D eigenvalue weighted by atomic mass is 35.5. The lowest BCUT2D eigenvalue weighted by molar-refractivity contribution is 0.0785. The van der Waals surface area contributed by atoms with Gasteiger partial charge in [-0.2, -0.15) is 5.10 Å². The number of nitrogens with one attached hydrogen (secondary N) is 1. The van der Waals surface area contributed by atoms with E-state index < -0.39 is 5.60 Å². The molecule has 6 nitrogen and oxygen atoms in total. The van der Waals surface area contributed by atoms with Crippen LogP contribution in [0.25, 0.3) is 16.2 Å². The number of aromatic nitrogens is 3. The second-order valence-electron chi connectivity index (χ2n) is 7.28. The summed E-state index contributed by atoms with van der Waals surface area (Å²) in [4.78, 5) is 18.2. The number of hydrogen-bond donors (Lipinski definition) is 2. The Hall–Kier alpha value is -2.74. The van der Waals surface area contributed by atoms with E-state index in [2.05, 4.69) is 15.4 Å². The van der Waals surface area contributed by atoms with Crippen LogP contribution in [0.1, 0.15) is 35.5 Å². The number of carbonyl (C=O) groups is 1. The molecule has 0 atom stereocenters. The van der Waals surface area contributed by atoms with Gasteiger partial charge in [-0.25, -0.2) is 9.50 Å². The van der Waals surface area contributed by atoms with Gasteiger partial charge < -0.3 is 10.4 Å². The quantitative estimate of drug-likeness (QED) is 0.486. The third-order valence-corrected chi connectivity index (χ3v) is 5.72. The normalized spacial score (nSPS) is 11.8. The topological polar surface area (TPSA) is 79.5 Å². The molecule has 0 aliphatic rings. The van der Waals surface area contributed by atoms with Gasteiger partial charge in [0.2, 0.25) is 0 Å². The second kappa shape index (κ2) is 7.26. The average molecular weight is 427 g/mol. The van der Waals surface area contributed by atoms with E-state index in [1.165, 1.54) is 11.3 Å². The third kappa shape index (κ3) is 4.03. The summed E-state index contributed by atoms with van der Waals surface area (Å²) in [5.41, 5.74) is 2.51. The van der Waals surface area contributed by atoms with E-state index in [1.807, 2.05) is 25.1 Å². The minimum Gasteiger partial charge on any atom is -0.386 e. The van der Waals surface area contributed by atoms with Gasteiger partial charge in [0.05, 0.1) is 26.2 Å². The number of benzene rings is 1. The molecule has 8 heteroatoms. The molecular weight excluding hydrogens is 408 g/mol. The zero-order chi connectivity index (χ0) is 20.8. The molecule has 4 rings (SSSR count). The molecule has 4 aromatic rings. The minimum absolute atomic E-state index is 0.282. The molecule has 29 heavy (non-hydrogen) atoms. The summed E-state index contributed by atoms with van der Waals surface area (Å²) < 4.78 is 2.41. The molecule has 0 aliphatic carbocycles. The van der Waals surface area contributed by atoms with Gasteiger partial charge in [0.1, 0.15) is 5.82 Å². The van der Waals surface area contributed by atoms with Crippen molar-refractivity contribution < 1.29 is 9.90 Å². The summed E-state index contributed by atoms with van der Waals surface area (Å²) >= 11 is 7.53. The highest BCUT2D eigenvalue weighted by Crippen LogP contribution is 2.32. The van der Waals surface area contributed by atoms with E-state index in [0.29, 0.717) is 21.4 Å². The Morgan fingerprint density at radius 1 is 1.17 bits per heavy atom. The molecule has 3 aromatic heterocycles. The Labute approximate surface area is 176 Å². The molecule has 0 radical (unpaired) electrons. The number of anilines is 1. The first-order chi connectivity index (χ1) is 13.7. The molecule has 3 heterocycles. The van der Waals surface area contributed by atoms with E-state index in [-0.39, 0.29) is 5.91 Å². The second-order valence-corrected chi connectivity index (χ2v) is 8.99. The lowest BCUT2D eigenvalue weighted by atomic mass is 9.97. The zero-order valence-corrected chi connectivity index (χ0v) is 17.7. The van der Waals surface area contributed by atoms with Crippen molar-refractivity contribution in [3.8, 4) is 10.6 Å². The number of aliphatic hydroxyl groups is 1. The van der Waals surface area contributed by atoms with E-state index in [0.717, 1.165) is 21.8 Å². The summed E-state index contributed by atoms with van der Waals surface area (Å²) in [5, 5.41) is 17.4. The summed E-state index contributed by atoms with van der Waals surface area (Å²) in [5.74, 6) is 0.143. The zero-order valence-electron chi connectivity index (χ0n) is 16.1. The molecule has 0 spiro atoms. The van der Waals surface area contributed by atoms with Crippen molar-refractivity contribution in [1.29, 1.82) is 0 Å². The largest absolute Gasteiger partial charge is 0.386 e. The van der Waals surface area contributed by atoms with Crippen molar-refractivity contribution in [2.45, 2.75) is 26.4 Å². The molecule has 1 aromatic carbocycles. The summed E-state index contributed by atoms with van der Waals surface area (Å²) in [7, 11) is 0. The number of halogens is 1. The molecule has 0 saturated carbocycles. The van der Waals surface area contributed by atoms with Gasteiger partial charge in [-0.05, 0) is 50.6 Å². The number of rotatable bonds is 4. The number of fused-ring (bicyclic) bond motifs is 1. The fourth-order valence-corrected chi connectivity index (χ4v) is 4.04. The lowest BCUT2D eigenvalue weighted by Crippen LogP contribution is -2.17. The SMILES string of the molecule is Cc1cc2nc(NC(=O)c3ccc(C(C)(C)O)cc3)cc(-c3ccc(Cl)s3)n2n1. The van der Waals surface area contributed by atoms with E-state index in [4.69, 9.17) is 11.6 Å². The van der Waals surface area contributed by atoms with Crippen LogP contribution in [-0.2, 0) is 5.60 Å². The van der Waals surface area contributed by atoms with Gasteiger partial charge in [-0.1, -0.05) is 23.7 Å². The lowest BCUT2D eigenvalue weighted by Gasteiger charge is -2.17. The summed E-state index contributed by atoms with van der Waals surface area (Å²) in [6, 6.07) is 14.2. The van der Waals surface area contributed by atoms with E-state index in [1.54, 1.807) is 48.7 Å². The first-order valence-electron chi connectivity index (χ1n) is 8.98. The fourth-order valence-electron chi connectivity index (χ4n) is 3.00. The number of carbonyl (C=O) groups excluding carboxylic acids is 1. The molecular formula is C21H19ClN4O2S. The number of aryl methyl sites for hydroxylation is 1. The van der Waals surface area contributed by atoms with Crippen molar-refractivity contribution >= 4 is 40.3 Å². The summed E-state index contributed by atoms with van der Waals surface area (Å²) in [6.45, 7) is 5.29. The van der Waals surface area contributed by atoms with E-state index >= 15 is 0 Å². The highest BCUT2D eigenvalue weighted by Gasteiger charge is 2.17. The van der Waals surface area contributed by atoms with Gasteiger partial charge >= 0.3 is 0 Å². The smallest absolute Gasteiger partial charge is 0.256 e. The number of thiophene rings is 1. The standard InChI is InChI=1S/C21H19ClN4O2S/c1-12-10-19-23-18(11-15(26(19)25-12)16-8-9-17(22)29-16)24-20(27)13-4-6-14(7-5-13)21(2,3)28/h4-11,28H,1-3H3,(H,23,24,27). The van der Waals surface area contributed by atoms with Crippen molar-refractivity contribution in [1.82, 2.24) is 14.6 Å². The van der Waals surface area contributed by atoms with Crippen LogP contribution in [0.5, 0.6) is 0 Å². The Kier molecular flexibility index (Phi) is 4.90.